The number of nitrogens with zero attached hydrogens (tertiary/aromatic N) is 2. The molecule has 0 bridgehead atoms. The van der Waals surface area contributed by atoms with E-state index in [0.717, 1.165) is 42.5 Å². The molecule has 0 spiro atoms. The average Bonchev–Trinajstić information content (AvgIpc) is 2.76. The molecular formula is C23H25ClN2O3. The first-order chi connectivity index (χ1) is 14.1. The molecule has 2 aromatic carbocycles. The molecule has 1 amide bonds. The van der Waals surface area contributed by atoms with Gasteiger partial charge < -0.3 is 9.47 Å². The Kier molecular flexibility index (Phi) is 5.76. The molecule has 4 rings (SSSR count). The van der Waals surface area contributed by atoms with Crippen molar-refractivity contribution < 1.29 is 14.3 Å². The fourth-order valence-corrected chi connectivity index (χ4v) is 4.56. The number of methoxy groups -OCH3 is 2. The Morgan fingerprint density at radius 3 is 2.48 bits per heavy atom. The largest absolute Gasteiger partial charge is 0.493 e. The topological polar surface area (TPSA) is 51.1 Å². The number of ether oxygens (including phenoxy) is 2. The highest BCUT2D eigenvalue weighted by Gasteiger charge is 2.41. The molecule has 1 saturated carbocycles. The van der Waals surface area contributed by atoms with Gasteiger partial charge in [-0.25, -0.2) is 5.01 Å². The first kappa shape index (κ1) is 19.8. The summed E-state index contributed by atoms with van der Waals surface area (Å²) >= 11 is 6.34. The zero-order valence-corrected chi connectivity index (χ0v) is 17.5. The van der Waals surface area contributed by atoms with Gasteiger partial charge in [0.05, 0.1) is 26.5 Å². The minimum absolute atomic E-state index is 0.0353. The van der Waals surface area contributed by atoms with Gasteiger partial charge in [-0.2, -0.15) is 5.10 Å². The molecule has 2 aromatic rings. The van der Waals surface area contributed by atoms with Gasteiger partial charge in [0.2, 0.25) is 5.91 Å². The summed E-state index contributed by atoms with van der Waals surface area (Å²) in [4.78, 5) is 13.2. The van der Waals surface area contributed by atoms with Crippen LogP contribution in [0.2, 0.25) is 5.02 Å². The predicted octanol–water partition coefficient (Wildman–Crippen LogP) is 4.91. The maximum absolute atomic E-state index is 13.2. The van der Waals surface area contributed by atoms with Gasteiger partial charge in [-0.15, -0.1) is 0 Å². The van der Waals surface area contributed by atoms with Gasteiger partial charge in [-0.3, -0.25) is 4.79 Å². The fourth-order valence-electron chi connectivity index (χ4n) is 4.37. The van der Waals surface area contributed by atoms with Gasteiger partial charge in [0.25, 0.3) is 0 Å². The van der Waals surface area contributed by atoms with Crippen LogP contribution in [-0.4, -0.2) is 30.8 Å². The lowest BCUT2D eigenvalue weighted by atomic mass is 9.73. The zero-order chi connectivity index (χ0) is 20.4. The summed E-state index contributed by atoms with van der Waals surface area (Å²) < 4.78 is 10.9. The summed E-state index contributed by atoms with van der Waals surface area (Å²) in [6, 6.07) is 13.4. The number of hydrogen-bond donors (Lipinski definition) is 0. The average molecular weight is 413 g/mol. The van der Waals surface area contributed by atoms with Crippen LogP contribution in [0, 0.1) is 11.8 Å². The van der Waals surface area contributed by atoms with E-state index in [1.54, 1.807) is 19.2 Å². The zero-order valence-electron chi connectivity index (χ0n) is 16.7. The van der Waals surface area contributed by atoms with Gasteiger partial charge in [-0.05, 0) is 42.7 Å². The van der Waals surface area contributed by atoms with E-state index < -0.39 is 0 Å². The van der Waals surface area contributed by atoms with Crippen LogP contribution in [0.5, 0.6) is 11.5 Å². The Labute approximate surface area is 176 Å². The molecule has 0 aromatic heterocycles. The summed E-state index contributed by atoms with van der Waals surface area (Å²) in [7, 11) is 3.25. The van der Waals surface area contributed by atoms with Crippen LogP contribution in [0.1, 0.15) is 36.8 Å². The molecule has 152 valence electrons. The normalized spacial score (nSPS) is 21.4. The monoisotopic (exact) mass is 412 g/mol. The van der Waals surface area contributed by atoms with Gasteiger partial charge in [0.1, 0.15) is 0 Å². The standard InChI is InChI=1S/C23H25ClN2O3/c1-28-20-12-11-15(13-21(20)29-2)22-17-8-4-5-9-18(17)23(27)26(25-22)14-16-7-3-6-10-19(16)24/h3,6-7,10-13,17-18H,4-5,8-9,14H2,1-2H3/t17-,18+/m1/s1. The predicted molar refractivity (Wildman–Crippen MR) is 114 cm³/mol. The van der Waals surface area contributed by atoms with E-state index in [0.29, 0.717) is 23.1 Å². The number of fused-ring (bicyclic) bond motifs is 1. The Morgan fingerprint density at radius 1 is 1.03 bits per heavy atom. The van der Waals surface area contributed by atoms with Crippen LogP contribution in [-0.2, 0) is 11.3 Å². The van der Waals surface area contributed by atoms with E-state index in [4.69, 9.17) is 26.2 Å². The molecule has 1 fully saturated rings. The lowest BCUT2D eigenvalue weighted by Gasteiger charge is -2.38. The third-order valence-electron chi connectivity index (χ3n) is 5.87. The van der Waals surface area contributed by atoms with Gasteiger partial charge in [0, 0.05) is 22.4 Å². The van der Waals surface area contributed by atoms with Crippen molar-refractivity contribution in [2.24, 2.45) is 16.9 Å². The Bertz CT molecular complexity index is 943. The van der Waals surface area contributed by atoms with Crippen LogP contribution < -0.4 is 9.47 Å². The number of carbonyl (C=O) groups is 1. The summed E-state index contributed by atoms with van der Waals surface area (Å²) in [5.74, 6) is 1.54. The second-order valence-electron chi connectivity index (χ2n) is 7.54. The van der Waals surface area contributed by atoms with Crippen molar-refractivity contribution in [2.75, 3.05) is 14.2 Å². The molecule has 0 N–H and O–H groups in total. The number of rotatable bonds is 5. The van der Waals surface area contributed by atoms with Crippen molar-refractivity contribution >= 4 is 23.2 Å². The smallest absolute Gasteiger partial charge is 0.246 e. The molecule has 0 unspecified atom stereocenters. The number of hydrogen-bond acceptors (Lipinski definition) is 4. The number of amides is 1. The van der Waals surface area contributed by atoms with Crippen LogP contribution in [0.4, 0.5) is 0 Å². The first-order valence-corrected chi connectivity index (χ1v) is 10.4. The van der Waals surface area contributed by atoms with Crippen LogP contribution >= 0.6 is 11.6 Å². The SMILES string of the molecule is COc1ccc(C2=NN(Cc3ccccc3Cl)C(=O)[C@H]3CCCC[C@@H]23)cc1OC. The molecule has 1 heterocycles. The minimum Gasteiger partial charge on any atom is -0.493 e. The number of halogens is 1. The van der Waals surface area contributed by atoms with Crippen LogP contribution in [0.15, 0.2) is 47.6 Å². The summed E-state index contributed by atoms with van der Waals surface area (Å²) in [6.07, 6.45) is 4.07. The Balaban J connectivity index is 1.75. The third kappa shape index (κ3) is 3.84. The molecule has 29 heavy (non-hydrogen) atoms. The van der Waals surface area contributed by atoms with Crippen molar-refractivity contribution in [3.8, 4) is 11.5 Å². The maximum atomic E-state index is 13.2. The molecule has 5 nitrogen and oxygen atoms in total. The molecule has 2 aliphatic rings. The van der Waals surface area contributed by atoms with Gasteiger partial charge in [0.15, 0.2) is 11.5 Å². The van der Waals surface area contributed by atoms with E-state index >= 15 is 0 Å². The lowest BCUT2D eigenvalue weighted by Crippen LogP contribution is -2.45. The van der Waals surface area contributed by atoms with E-state index in [1.165, 1.54) is 0 Å². The van der Waals surface area contributed by atoms with Gasteiger partial charge in [-0.1, -0.05) is 42.6 Å². The molecule has 1 aliphatic carbocycles. The van der Waals surface area contributed by atoms with Crippen molar-refractivity contribution in [2.45, 2.75) is 32.2 Å². The second kappa shape index (κ2) is 8.46. The van der Waals surface area contributed by atoms with E-state index in [1.807, 2.05) is 42.5 Å². The summed E-state index contributed by atoms with van der Waals surface area (Å²) in [6.45, 7) is 0.374. The van der Waals surface area contributed by atoms with Crippen molar-refractivity contribution in [1.29, 1.82) is 0 Å². The molecule has 0 saturated heterocycles. The molecule has 6 heteroatoms. The van der Waals surface area contributed by atoms with E-state index in [2.05, 4.69) is 0 Å². The fraction of sp³-hybridized carbons (Fsp3) is 0.391. The summed E-state index contributed by atoms with van der Waals surface area (Å²) in [5.41, 5.74) is 2.81. The highest BCUT2D eigenvalue weighted by atomic mass is 35.5. The highest BCUT2D eigenvalue weighted by Crippen LogP contribution is 2.39. The first-order valence-electron chi connectivity index (χ1n) is 9.98. The quantitative estimate of drug-likeness (QED) is 0.701. The van der Waals surface area contributed by atoms with E-state index in [9.17, 15) is 4.79 Å². The third-order valence-corrected chi connectivity index (χ3v) is 6.24. The van der Waals surface area contributed by atoms with Crippen LogP contribution in [0.3, 0.4) is 0 Å². The van der Waals surface area contributed by atoms with Crippen LogP contribution in [0.25, 0.3) is 0 Å². The Morgan fingerprint density at radius 2 is 1.76 bits per heavy atom. The number of hydrazone groups is 1. The lowest BCUT2D eigenvalue weighted by molar-refractivity contribution is -0.139. The molecule has 0 radical (unpaired) electrons. The van der Waals surface area contributed by atoms with E-state index in [-0.39, 0.29) is 17.7 Å². The molecular weight excluding hydrogens is 388 g/mol. The minimum atomic E-state index is -0.0353. The summed E-state index contributed by atoms with van der Waals surface area (Å²) in [5, 5.41) is 7.07. The van der Waals surface area contributed by atoms with Crippen molar-refractivity contribution in [3.63, 3.8) is 0 Å². The highest BCUT2D eigenvalue weighted by molar-refractivity contribution is 6.31. The molecule has 1 aliphatic heterocycles. The van der Waals surface area contributed by atoms with Gasteiger partial charge >= 0.3 is 0 Å². The Hall–Kier alpha value is -2.53. The number of benzene rings is 2. The van der Waals surface area contributed by atoms with Crippen molar-refractivity contribution in [3.05, 3.63) is 58.6 Å². The maximum Gasteiger partial charge on any atom is 0.246 e. The molecule has 2 atom stereocenters. The number of carbonyl (C=O) groups excluding carboxylic acids is 1. The second-order valence-corrected chi connectivity index (χ2v) is 7.95. The van der Waals surface area contributed by atoms with Crippen molar-refractivity contribution in [1.82, 2.24) is 5.01 Å².